The highest BCUT2D eigenvalue weighted by Gasteiger charge is 2.28. The minimum atomic E-state index is 0. The highest BCUT2D eigenvalue weighted by atomic mass is 35.5. The van der Waals surface area contributed by atoms with Gasteiger partial charge in [-0.3, -0.25) is 14.7 Å². The van der Waals surface area contributed by atoms with Gasteiger partial charge < -0.3 is 15.1 Å². The van der Waals surface area contributed by atoms with Gasteiger partial charge in [0.2, 0.25) is 5.91 Å². The maximum absolute atomic E-state index is 13.0. The summed E-state index contributed by atoms with van der Waals surface area (Å²) in [7, 11) is 0. The first-order valence-corrected chi connectivity index (χ1v) is 10.1. The average molecular weight is 452 g/mol. The number of pyridine rings is 1. The highest BCUT2D eigenvalue weighted by Crippen LogP contribution is 2.22. The molecule has 2 aromatic rings. The van der Waals surface area contributed by atoms with Crippen molar-refractivity contribution in [3.05, 3.63) is 59.9 Å². The van der Waals surface area contributed by atoms with Crippen LogP contribution in [0.4, 0.5) is 5.69 Å². The van der Waals surface area contributed by atoms with E-state index >= 15 is 0 Å². The molecule has 0 bridgehead atoms. The molecular weight excluding hydrogens is 421 g/mol. The Morgan fingerprint density at radius 1 is 1.10 bits per heavy atom. The van der Waals surface area contributed by atoms with Gasteiger partial charge in [-0.2, -0.15) is 0 Å². The summed E-state index contributed by atoms with van der Waals surface area (Å²) in [6.07, 6.45) is 3.71. The summed E-state index contributed by atoms with van der Waals surface area (Å²) in [4.78, 5) is 23.9. The average Bonchev–Trinajstić information content (AvgIpc) is 2.75. The fourth-order valence-electron chi connectivity index (χ4n) is 4.15. The third-order valence-corrected chi connectivity index (χ3v) is 5.76. The van der Waals surface area contributed by atoms with Crippen molar-refractivity contribution in [1.29, 1.82) is 0 Å². The molecule has 1 atom stereocenters. The molecule has 2 aliphatic heterocycles. The SMILES string of the molecule is Cc1cccc(N2CCN(C(=O)CN3CCNCC3c3cccnc3)CC2)c1.Cl.Cl. The first-order valence-electron chi connectivity index (χ1n) is 10.1. The van der Waals surface area contributed by atoms with E-state index in [2.05, 4.69) is 57.4 Å². The zero-order valence-corrected chi connectivity index (χ0v) is 19.0. The highest BCUT2D eigenvalue weighted by molar-refractivity contribution is 5.85. The summed E-state index contributed by atoms with van der Waals surface area (Å²) >= 11 is 0. The number of aryl methyl sites for hydroxylation is 1. The lowest BCUT2D eigenvalue weighted by atomic mass is 10.1. The van der Waals surface area contributed by atoms with E-state index in [1.54, 1.807) is 6.20 Å². The molecule has 6 nitrogen and oxygen atoms in total. The van der Waals surface area contributed by atoms with E-state index in [9.17, 15) is 4.79 Å². The molecule has 1 aromatic carbocycles. The Balaban J connectivity index is 0.00000160. The van der Waals surface area contributed by atoms with Crippen LogP contribution >= 0.6 is 24.8 Å². The van der Waals surface area contributed by atoms with Crippen LogP contribution in [0.15, 0.2) is 48.8 Å². The summed E-state index contributed by atoms with van der Waals surface area (Å²) in [5.41, 5.74) is 3.70. The molecule has 1 amide bonds. The number of carbonyl (C=O) groups is 1. The number of carbonyl (C=O) groups excluding carboxylic acids is 1. The quantitative estimate of drug-likeness (QED) is 0.773. The van der Waals surface area contributed by atoms with Crippen LogP contribution in [0, 0.1) is 6.92 Å². The molecule has 2 fully saturated rings. The van der Waals surface area contributed by atoms with Gasteiger partial charge in [0.25, 0.3) is 0 Å². The number of hydrogen-bond donors (Lipinski definition) is 1. The molecule has 30 heavy (non-hydrogen) atoms. The van der Waals surface area contributed by atoms with Crippen molar-refractivity contribution in [2.45, 2.75) is 13.0 Å². The molecule has 2 saturated heterocycles. The third kappa shape index (κ3) is 5.85. The van der Waals surface area contributed by atoms with Crippen LogP contribution in [-0.2, 0) is 4.79 Å². The molecule has 2 aliphatic rings. The normalized spacial score (nSPS) is 19.6. The number of benzene rings is 1. The second-order valence-electron chi connectivity index (χ2n) is 7.68. The van der Waals surface area contributed by atoms with E-state index < -0.39 is 0 Å². The van der Waals surface area contributed by atoms with Gasteiger partial charge >= 0.3 is 0 Å². The molecule has 0 saturated carbocycles. The van der Waals surface area contributed by atoms with Gasteiger partial charge in [0.05, 0.1) is 6.54 Å². The Hall–Kier alpha value is -1.86. The number of nitrogens with zero attached hydrogens (tertiary/aromatic N) is 4. The second kappa shape index (κ2) is 11.5. The van der Waals surface area contributed by atoms with Crippen LogP contribution in [0.25, 0.3) is 0 Å². The summed E-state index contributed by atoms with van der Waals surface area (Å²) in [6, 6.07) is 12.9. The van der Waals surface area contributed by atoms with E-state index in [1.165, 1.54) is 16.8 Å². The first kappa shape index (κ1) is 24.4. The van der Waals surface area contributed by atoms with Crippen molar-refractivity contribution in [3.63, 3.8) is 0 Å². The Bertz CT molecular complexity index is 799. The van der Waals surface area contributed by atoms with Crippen molar-refractivity contribution >= 4 is 36.4 Å². The van der Waals surface area contributed by atoms with Crippen molar-refractivity contribution < 1.29 is 4.79 Å². The summed E-state index contributed by atoms with van der Waals surface area (Å²) in [5.74, 6) is 0.236. The van der Waals surface area contributed by atoms with Crippen LogP contribution in [0.3, 0.4) is 0 Å². The number of amides is 1. The predicted molar refractivity (Wildman–Crippen MR) is 126 cm³/mol. The molecule has 164 valence electrons. The molecule has 1 unspecified atom stereocenters. The van der Waals surface area contributed by atoms with E-state index in [1.807, 2.05) is 17.2 Å². The Kier molecular flexibility index (Phi) is 9.37. The molecule has 4 rings (SSSR count). The first-order chi connectivity index (χ1) is 13.7. The number of rotatable bonds is 4. The predicted octanol–water partition coefficient (Wildman–Crippen LogP) is 2.53. The van der Waals surface area contributed by atoms with E-state index in [4.69, 9.17) is 0 Å². The molecule has 0 spiro atoms. The van der Waals surface area contributed by atoms with Crippen molar-refractivity contribution in [2.24, 2.45) is 0 Å². The van der Waals surface area contributed by atoms with Crippen molar-refractivity contribution in [2.75, 3.05) is 57.3 Å². The van der Waals surface area contributed by atoms with Crippen LogP contribution in [0.1, 0.15) is 17.2 Å². The van der Waals surface area contributed by atoms with Gasteiger partial charge in [0.15, 0.2) is 0 Å². The Morgan fingerprint density at radius 3 is 2.60 bits per heavy atom. The molecule has 0 radical (unpaired) electrons. The van der Waals surface area contributed by atoms with Crippen LogP contribution in [0.5, 0.6) is 0 Å². The summed E-state index contributed by atoms with van der Waals surface area (Å²) in [6.45, 7) is 8.62. The molecule has 3 heterocycles. The number of anilines is 1. The Labute approximate surface area is 191 Å². The molecule has 0 aliphatic carbocycles. The van der Waals surface area contributed by atoms with Gasteiger partial charge in [-0.05, 0) is 36.2 Å². The third-order valence-electron chi connectivity index (χ3n) is 5.76. The second-order valence-corrected chi connectivity index (χ2v) is 7.68. The van der Waals surface area contributed by atoms with Crippen LogP contribution < -0.4 is 10.2 Å². The maximum Gasteiger partial charge on any atom is 0.236 e. The lowest BCUT2D eigenvalue weighted by Gasteiger charge is -2.39. The monoisotopic (exact) mass is 451 g/mol. The van der Waals surface area contributed by atoms with Crippen LogP contribution in [0.2, 0.25) is 0 Å². The van der Waals surface area contributed by atoms with Gasteiger partial charge in [-0.25, -0.2) is 0 Å². The van der Waals surface area contributed by atoms with E-state index in [-0.39, 0.29) is 36.8 Å². The topological polar surface area (TPSA) is 51.7 Å². The fourth-order valence-corrected chi connectivity index (χ4v) is 4.15. The lowest BCUT2D eigenvalue weighted by molar-refractivity contribution is -0.133. The zero-order chi connectivity index (χ0) is 19.3. The smallest absolute Gasteiger partial charge is 0.236 e. The van der Waals surface area contributed by atoms with Gasteiger partial charge in [0, 0.05) is 69.9 Å². The van der Waals surface area contributed by atoms with E-state index in [0.717, 1.165) is 45.8 Å². The minimum absolute atomic E-state index is 0. The van der Waals surface area contributed by atoms with Crippen LogP contribution in [-0.4, -0.2) is 73.0 Å². The maximum atomic E-state index is 13.0. The lowest BCUT2D eigenvalue weighted by Crippen LogP contribution is -2.54. The van der Waals surface area contributed by atoms with Crippen molar-refractivity contribution in [3.8, 4) is 0 Å². The largest absolute Gasteiger partial charge is 0.368 e. The number of halogens is 2. The fraction of sp³-hybridized carbons (Fsp3) is 0.455. The summed E-state index contributed by atoms with van der Waals surface area (Å²) in [5, 5.41) is 3.44. The number of hydrogen-bond acceptors (Lipinski definition) is 5. The minimum Gasteiger partial charge on any atom is -0.368 e. The standard InChI is InChI=1S/C22H29N5O.2ClH/c1-18-4-2-6-20(14-18)25-10-12-26(13-11-25)22(28)17-27-9-8-24-16-21(27)19-5-3-7-23-15-19;;/h2-7,14-15,21,24H,8-13,16-17H2,1H3;2*1H. The molecule has 1 N–H and O–H groups in total. The van der Waals surface area contributed by atoms with Gasteiger partial charge in [-0.15, -0.1) is 24.8 Å². The Morgan fingerprint density at radius 2 is 1.90 bits per heavy atom. The van der Waals surface area contributed by atoms with E-state index in [0.29, 0.717) is 6.54 Å². The number of nitrogens with one attached hydrogen (secondary N) is 1. The van der Waals surface area contributed by atoms with Gasteiger partial charge in [0.1, 0.15) is 0 Å². The molecule has 8 heteroatoms. The number of piperazine rings is 2. The summed E-state index contributed by atoms with van der Waals surface area (Å²) < 4.78 is 0. The van der Waals surface area contributed by atoms with Crippen molar-refractivity contribution in [1.82, 2.24) is 20.1 Å². The number of aromatic nitrogens is 1. The zero-order valence-electron chi connectivity index (χ0n) is 17.4. The molecule has 1 aromatic heterocycles. The van der Waals surface area contributed by atoms with Gasteiger partial charge in [-0.1, -0.05) is 18.2 Å². The molecular formula is C22H31Cl2N5O.